The Kier molecular flexibility index (Phi) is 6.65. The maximum Gasteiger partial charge on any atom is 0.259 e. The Balaban J connectivity index is 1.71. The van der Waals surface area contributed by atoms with Crippen molar-refractivity contribution in [2.24, 2.45) is 0 Å². The third kappa shape index (κ3) is 5.25. The SMILES string of the molecule is Cc1nn(-c2ccc(F)cc2)c(C)c1/C=C/C(=O)c1ccc(OCC(=O)N(C)C)cc1. The van der Waals surface area contributed by atoms with Crippen LogP contribution in [0.5, 0.6) is 5.75 Å². The van der Waals surface area contributed by atoms with E-state index in [1.807, 2.05) is 13.8 Å². The quantitative estimate of drug-likeness (QED) is 0.427. The number of aryl methyl sites for hydroxylation is 1. The molecule has 0 bridgehead atoms. The van der Waals surface area contributed by atoms with Crippen molar-refractivity contribution in [3.63, 3.8) is 0 Å². The highest BCUT2D eigenvalue weighted by Crippen LogP contribution is 2.20. The van der Waals surface area contributed by atoms with Crippen LogP contribution in [-0.2, 0) is 4.79 Å². The minimum Gasteiger partial charge on any atom is -0.484 e. The van der Waals surface area contributed by atoms with Gasteiger partial charge in [0.25, 0.3) is 5.91 Å². The zero-order chi connectivity index (χ0) is 22.5. The van der Waals surface area contributed by atoms with Gasteiger partial charge in [-0.05, 0) is 74.5 Å². The van der Waals surface area contributed by atoms with E-state index in [9.17, 15) is 14.0 Å². The zero-order valence-corrected chi connectivity index (χ0v) is 17.9. The van der Waals surface area contributed by atoms with E-state index in [0.29, 0.717) is 11.3 Å². The molecule has 2 aromatic carbocycles. The number of likely N-dealkylation sites (N-methyl/N-ethyl adjacent to an activating group) is 1. The van der Waals surface area contributed by atoms with Gasteiger partial charge in [0, 0.05) is 30.9 Å². The molecule has 0 aliphatic heterocycles. The Morgan fingerprint density at radius 3 is 2.32 bits per heavy atom. The standard InChI is InChI=1S/C24H24FN3O3/c1-16-22(17(2)28(26-16)20-9-7-19(25)8-10-20)13-14-23(29)18-5-11-21(12-6-18)31-15-24(30)27(3)4/h5-14H,15H2,1-4H3/b14-13+. The van der Waals surface area contributed by atoms with Crippen molar-refractivity contribution in [1.29, 1.82) is 0 Å². The van der Waals surface area contributed by atoms with E-state index in [4.69, 9.17) is 4.74 Å². The number of ketones is 1. The van der Waals surface area contributed by atoms with Crippen molar-refractivity contribution in [1.82, 2.24) is 14.7 Å². The minimum atomic E-state index is -0.309. The lowest BCUT2D eigenvalue weighted by molar-refractivity contribution is -0.130. The van der Waals surface area contributed by atoms with E-state index in [2.05, 4.69) is 5.10 Å². The Bertz CT molecular complexity index is 1110. The number of rotatable bonds is 7. The van der Waals surface area contributed by atoms with E-state index in [1.54, 1.807) is 61.3 Å². The molecule has 0 N–H and O–H groups in total. The first-order valence-electron chi connectivity index (χ1n) is 9.74. The van der Waals surface area contributed by atoms with Gasteiger partial charge in [-0.1, -0.05) is 0 Å². The Morgan fingerprint density at radius 2 is 1.71 bits per heavy atom. The van der Waals surface area contributed by atoms with Crippen LogP contribution in [0.25, 0.3) is 11.8 Å². The van der Waals surface area contributed by atoms with Gasteiger partial charge in [0.1, 0.15) is 11.6 Å². The van der Waals surface area contributed by atoms with Crippen molar-refractivity contribution >= 4 is 17.8 Å². The number of carbonyl (C=O) groups is 2. The van der Waals surface area contributed by atoms with Crippen molar-refractivity contribution in [3.05, 3.63) is 82.9 Å². The molecule has 0 aliphatic rings. The molecule has 160 valence electrons. The van der Waals surface area contributed by atoms with Crippen LogP contribution in [0, 0.1) is 19.7 Å². The zero-order valence-electron chi connectivity index (χ0n) is 17.9. The van der Waals surface area contributed by atoms with Crippen molar-refractivity contribution in [2.45, 2.75) is 13.8 Å². The number of amides is 1. The van der Waals surface area contributed by atoms with Gasteiger partial charge in [0.15, 0.2) is 12.4 Å². The minimum absolute atomic E-state index is 0.0587. The lowest BCUT2D eigenvalue weighted by Crippen LogP contribution is -2.27. The number of hydrogen-bond donors (Lipinski definition) is 0. The average Bonchev–Trinajstić information content (AvgIpc) is 3.04. The summed E-state index contributed by atoms with van der Waals surface area (Å²) in [5.41, 5.74) is 3.70. The number of hydrogen-bond acceptors (Lipinski definition) is 4. The van der Waals surface area contributed by atoms with Gasteiger partial charge >= 0.3 is 0 Å². The Hall–Kier alpha value is -3.74. The topological polar surface area (TPSA) is 64.4 Å². The molecular formula is C24H24FN3O3. The summed E-state index contributed by atoms with van der Waals surface area (Å²) < 4.78 is 20.3. The molecule has 0 saturated heterocycles. The molecule has 1 amide bonds. The highest BCUT2D eigenvalue weighted by Gasteiger charge is 2.12. The number of nitrogens with zero attached hydrogens (tertiary/aromatic N) is 3. The molecule has 0 aliphatic carbocycles. The van der Waals surface area contributed by atoms with Gasteiger partial charge < -0.3 is 9.64 Å². The van der Waals surface area contributed by atoms with E-state index in [-0.39, 0.29) is 24.1 Å². The van der Waals surface area contributed by atoms with Crippen LogP contribution >= 0.6 is 0 Å². The summed E-state index contributed by atoms with van der Waals surface area (Å²) in [6, 6.07) is 12.7. The summed E-state index contributed by atoms with van der Waals surface area (Å²) in [5, 5.41) is 4.50. The maximum absolute atomic E-state index is 13.2. The van der Waals surface area contributed by atoms with Crippen molar-refractivity contribution in [3.8, 4) is 11.4 Å². The van der Waals surface area contributed by atoms with Gasteiger partial charge in [-0.25, -0.2) is 9.07 Å². The number of allylic oxidation sites excluding steroid dienone is 1. The third-order valence-electron chi connectivity index (χ3n) is 4.82. The van der Waals surface area contributed by atoms with E-state index >= 15 is 0 Å². The second-order valence-corrected chi connectivity index (χ2v) is 7.27. The summed E-state index contributed by atoms with van der Waals surface area (Å²) >= 11 is 0. The first kappa shape index (κ1) is 22.0. The van der Waals surface area contributed by atoms with Crippen LogP contribution in [0.15, 0.2) is 54.6 Å². The molecule has 0 radical (unpaired) electrons. The smallest absolute Gasteiger partial charge is 0.259 e. The van der Waals surface area contributed by atoms with Gasteiger partial charge in [-0.15, -0.1) is 0 Å². The predicted molar refractivity (Wildman–Crippen MR) is 117 cm³/mol. The first-order chi connectivity index (χ1) is 14.8. The second-order valence-electron chi connectivity index (χ2n) is 7.27. The molecule has 0 atom stereocenters. The highest BCUT2D eigenvalue weighted by molar-refractivity contribution is 6.07. The first-order valence-corrected chi connectivity index (χ1v) is 9.74. The fraction of sp³-hybridized carbons (Fsp3) is 0.208. The average molecular weight is 421 g/mol. The lowest BCUT2D eigenvalue weighted by atomic mass is 10.1. The molecular weight excluding hydrogens is 397 g/mol. The molecule has 0 saturated carbocycles. The monoisotopic (exact) mass is 421 g/mol. The molecule has 1 heterocycles. The van der Waals surface area contributed by atoms with Gasteiger partial charge in [-0.2, -0.15) is 5.10 Å². The third-order valence-corrected chi connectivity index (χ3v) is 4.82. The molecule has 7 heteroatoms. The predicted octanol–water partition coefficient (Wildman–Crippen LogP) is 3.99. The normalized spacial score (nSPS) is 11.0. The van der Waals surface area contributed by atoms with Crippen LogP contribution < -0.4 is 4.74 Å². The fourth-order valence-corrected chi connectivity index (χ4v) is 2.97. The number of benzene rings is 2. The van der Waals surface area contributed by atoms with E-state index < -0.39 is 0 Å². The molecule has 0 spiro atoms. The summed E-state index contributed by atoms with van der Waals surface area (Å²) in [5.74, 6) is -0.0982. The second kappa shape index (κ2) is 9.38. The molecule has 6 nitrogen and oxygen atoms in total. The molecule has 0 fully saturated rings. The van der Waals surface area contributed by atoms with E-state index in [1.165, 1.54) is 23.1 Å². The number of aromatic nitrogens is 2. The van der Waals surface area contributed by atoms with Gasteiger partial charge in [0.05, 0.1) is 11.4 Å². The van der Waals surface area contributed by atoms with Crippen LogP contribution in [-0.4, -0.2) is 47.1 Å². The molecule has 31 heavy (non-hydrogen) atoms. The summed E-state index contributed by atoms with van der Waals surface area (Å²) in [4.78, 5) is 25.6. The fourth-order valence-electron chi connectivity index (χ4n) is 2.97. The summed E-state index contributed by atoms with van der Waals surface area (Å²) in [6.07, 6.45) is 3.23. The van der Waals surface area contributed by atoms with E-state index in [0.717, 1.165) is 22.6 Å². The Labute approximate surface area is 180 Å². The number of carbonyl (C=O) groups excluding carboxylic acids is 2. The molecule has 3 rings (SSSR count). The molecule has 0 unspecified atom stereocenters. The Morgan fingerprint density at radius 1 is 1.06 bits per heavy atom. The van der Waals surface area contributed by atoms with Gasteiger partial charge in [0.2, 0.25) is 0 Å². The van der Waals surface area contributed by atoms with Crippen molar-refractivity contribution < 1.29 is 18.7 Å². The number of ether oxygens (including phenoxy) is 1. The number of halogens is 1. The van der Waals surface area contributed by atoms with Crippen LogP contribution in [0.4, 0.5) is 4.39 Å². The van der Waals surface area contributed by atoms with Crippen molar-refractivity contribution in [2.75, 3.05) is 20.7 Å². The highest BCUT2D eigenvalue weighted by atomic mass is 19.1. The molecule has 3 aromatic rings. The van der Waals surface area contributed by atoms with Crippen LogP contribution in [0.1, 0.15) is 27.3 Å². The molecule has 1 aromatic heterocycles. The summed E-state index contributed by atoms with van der Waals surface area (Å²) in [6.45, 7) is 3.70. The van der Waals surface area contributed by atoms with Gasteiger partial charge in [-0.3, -0.25) is 9.59 Å². The van der Waals surface area contributed by atoms with Crippen LogP contribution in [0.2, 0.25) is 0 Å². The van der Waals surface area contributed by atoms with Crippen LogP contribution in [0.3, 0.4) is 0 Å². The summed E-state index contributed by atoms with van der Waals surface area (Å²) in [7, 11) is 3.32. The largest absolute Gasteiger partial charge is 0.484 e. The lowest BCUT2D eigenvalue weighted by Gasteiger charge is -2.11. The maximum atomic E-state index is 13.2.